The van der Waals surface area contributed by atoms with Gasteiger partial charge in [-0.1, -0.05) is 0 Å². The third-order valence-corrected chi connectivity index (χ3v) is 2.12. The van der Waals surface area contributed by atoms with E-state index in [-0.39, 0.29) is 17.2 Å². The van der Waals surface area contributed by atoms with Gasteiger partial charge >= 0.3 is 0 Å². The molecular weight excluding hydrogens is 198 g/mol. The van der Waals surface area contributed by atoms with E-state index in [9.17, 15) is 15.3 Å². The second kappa shape index (κ2) is 4.37. The first-order valence-electron chi connectivity index (χ1n) is 4.51. The highest BCUT2D eigenvalue weighted by Gasteiger charge is 2.17. The molecule has 0 bridgehead atoms. The summed E-state index contributed by atoms with van der Waals surface area (Å²) < 4.78 is 4.76. The molecule has 0 saturated heterocycles. The zero-order chi connectivity index (χ0) is 11.6. The van der Waals surface area contributed by atoms with E-state index in [1.54, 1.807) is 6.92 Å². The minimum absolute atomic E-state index is 0.0179. The van der Waals surface area contributed by atoms with Crippen LogP contribution in [0, 0.1) is 0 Å². The summed E-state index contributed by atoms with van der Waals surface area (Å²) in [6.45, 7) is 1.63. The van der Waals surface area contributed by atoms with Gasteiger partial charge in [0, 0.05) is 6.04 Å². The summed E-state index contributed by atoms with van der Waals surface area (Å²) in [5.74, 6) is -0.477. The molecule has 0 aliphatic rings. The molecule has 84 valence electrons. The minimum atomic E-state index is -0.937. The van der Waals surface area contributed by atoms with Crippen LogP contribution in [0.1, 0.15) is 18.6 Å². The summed E-state index contributed by atoms with van der Waals surface area (Å²) in [7, 11) is 1.33. The molecule has 2 atom stereocenters. The molecule has 0 aromatic heterocycles. The highest BCUT2D eigenvalue weighted by Crippen LogP contribution is 2.38. The van der Waals surface area contributed by atoms with Crippen LogP contribution in [0.4, 0.5) is 0 Å². The molecule has 0 aliphatic carbocycles. The number of phenolic OH excluding ortho intramolecular Hbond substituents is 2. The van der Waals surface area contributed by atoms with E-state index < -0.39 is 12.1 Å². The fourth-order valence-electron chi connectivity index (χ4n) is 1.30. The molecule has 1 aromatic carbocycles. The number of rotatable bonds is 3. The predicted molar refractivity (Wildman–Crippen MR) is 54.9 cm³/mol. The van der Waals surface area contributed by atoms with Crippen molar-refractivity contribution in [3.8, 4) is 17.2 Å². The number of aromatic hydroxyl groups is 2. The van der Waals surface area contributed by atoms with Crippen LogP contribution in [0.15, 0.2) is 12.1 Å². The van der Waals surface area contributed by atoms with Gasteiger partial charge in [-0.3, -0.25) is 0 Å². The summed E-state index contributed by atoms with van der Waals surface area (Å²) in [5, 5.41) is 28.6. The maximum absolute atomic E-state index is 9.62. The molecular formula is C10H15NO4. The largest absolute Gasteiger partial charge is 0.504 e. The molecule has 5 heteroatoms. The Morgan fingerprint density at radius 2 is 1.73 bits per heavy atom. The molecule has 1 aromatic rings. The van der Waals surface area contributed by atoms with Crippen LogP contribution in [-0.2, 0) is 0 Å². The van der Waals surface area contributed by atoms with Gasteiger partial charge < -0.3 is 25.8 Å². The lowest BCUT2D eigenvalue weighted by Gasteiger charge is -2.16. The highest BCUT2D eigenvalue weighted by molar-refractivity contribution is 5.52. The van der Waals surface area contributed by atoms with Crippen molar-refractivity contribution in [1.29, 1.82) is 0 Å². The number of benzene rings is 1. The van der Waals surface area contributed by atoms with Gasteiger partial charge in [-0.15, -0.1) is 0 Å². The summed E-state index contributed by atoms with van der Waals surface area (Å²) in [4.78, 5) is 0. The van der Waals surface area contributed by atoms with Crippen molar-refractivity contribution >= 4 is 0 Å². The number of ether oxygens (including phenoxy) is 1. The molecule has 0 fully saturated rings. The topological polar surface area (TPSA) is 95.9 Å². The Labute approximate surface area is 87.7 Å². The number of methoxy groups -OCH3 is 1. The van der Waals surface area contributed by atoms with E-state index >= 15 is 0 Å². The first-order chi connectivity index (χ1) is 6.97. The Kier molecular flexibility index (Phi) is 3.39. The molecule has 0 amide bonds. The molecule has 0 radical (unpaired) electrons. The van der Waals surface area contributed by atoms with Crippen LogP contribution in [-0.4, -0.2) is 28.5 Å². The zero-order valence-corrected chi connectivity index (χ0v) is 8.64. The average molecular weight is 213 g/mol. The molecule has 0 aliphatic heterocycles. The Morgan fingerprint density at radius 3 is 2.07 bits per heavy atom. The second-order valence-corrected chi connectivity index (χ2v) is 3.40. The van der Waals surface area contributed by atoms with E-state index in [0.29, 0.717) is 5.56 Å². The first-order valence-corrected chi connectivity index (χ1v) is 4.51. The summed E-state index contributed by atoms with van der Waals surface area (Å²) in [6.07, 6.45) is -0.937. The fourth-order valence-corrected chi connectivity index (χ4v) is 1.30. The maximum atomic E-state index is 9.62. The van der Waals surface area contributed by atoms with Gasteiger partial charge in [0.25, 0.3) is 0 Å². The lowest BCUT2D eigenvalue weighted by molar-refractivity contribution is 0.152. The fraction of sp³-hybridized carbons (Fsp3) is 0.400. The Balaban J connectivity index is 3.14. The minimum Gasteiger partial charge on any atom is -0.504 e. The third-order valence-electron chi connectivity index (χ3n) is 2.12. The van der Waals surface area contributed by atoms with Gasteiger partial charge in [-0.05, 0) is 24.6 Å². The van der Waals surface area contributed by atoms with Gasteiger partial charge in [0.1, 0.15) is 0 Å². The Bertz CT molecular complexity index is 328. The standard InChI is InChI=1S/C10H15NO4/c1-5(11)9(14)6-3-7(12)10(15-2)8(13)4-6/h3-5,9,12-14H,11H2,1-2H3. The molecule has 5 nitrogen and oxygen atoms in total. The highest BCUT2D eigenvalue weighted by atomic mass is 16.5. The van der Waals surface area contributed by atoms with Crippen molar-refractivity contribution in [2.75, 3.05) is 7.11 Å². The van der Waals surface area contributed by atoms with E-state index in [1.807, 2.05) is 0 Å². The van der Waals surface area contributed by atoms with E-state index in [2.05, 4.69) is 0 Å². The molecule has 0 spiro atoms. The predicted octanol–water partition coefficient (Wildman–Crippen LogP) is 0.487. The maximum Gasteiger partial charge on any atom is 0.202 e. The molecule has 2 unspecified atom stereocenters. The van der Waals surface area contributed by atoms with Gasteiger partial charge in [0.05, 0.1) is 13.2 Å². The van der Waals surface area contributed by atoms with Gasteiger partial charge in [-0.25, -0.2) is 0 Å². The van der Waals surface area contributed by atoms with Crippen LogP contribution in [0.3, 0.4) is 0 Å². The average Bonchev–Trinajstić information content (AvgIpc) is 2.15. The molecule has 0 saturated carbocycles. The number of phenols is 2. The number of hydrogen-bond donors (Lipinski definition) is 4. The van der Waals surface area contributed by atoms with Crippen LogP contribution >= 0.6 is 0 Å². The SMILES string of the molecule is COc1c(O)cc(C(O)C(C)N)cc1O. The number of aliphatic hydroxyl groups is 1. The summed E-state index contributed by atoms with van der Waals surface area (Å²) in [5.41, 5.74) is 5.84. The van der Waals surface area contributed by atoms with Gasteiger partial charge in [0.2, 0.25) is 5.75 Å². The van der Waals surface area contributed by atoms with E-state index in [1.165, 1.54) is 19.2 Å². The van der Waals surface area contributed by atoms with E-state index in [0.717, 1.165) is 0 Å². The molecule has 1 rings (SSSR count). The quantitative estimate of drug-likeness (QED) is 0.586. The monoisotopic (exact) mass is 213 g/mol. The number of aliphatic hydroxyl groups excluding tert-OH is 1. The van der Waals surface area contributed by atoms with Gasteiger partial charge in [-0.2, -0.15) is 0 Å². The zero-order valence-electron chi connectivity index (χ0n) is 8.64. The lowest BCUT2D eigenvalue weighted by atomic mass is 10.0. The number of hydrogen-bond acceptors (Lipinski definition) is 5. The third kappa shape index (κ3) is 2.31. The van der Waals surface area contributed by atoms with Crippen LogP contribution in [0.5, 0.6) is 17.2 Å². The molecule has 0 heterocycles. The van der Waals surface area contributed by atoms with Crippen molar-refractivity contribution in [1.82, 2.24) is 0 Å². The normalized spacial score (nSPS) is 14.7. The van der Waals surface area contributed by atoms with Crippen molar-refractivity contribution in [2.24, 2.45) is 5.73 Å². The lowest BCUT2D eigenvalue weighted by Crippen LogP contribution is -2.24. The van der Waals surface area contributed by atoms with Crippen LogP contribution < -0.4 is 10.5 Å². The van der Waals surface area contributed by atoms with Gasteiger partial charge in [0.15, 0.2) is 11.5 Å². The van der Waals surface area contributed by atoms with E-state index in [4.69, 9.17) is 10.5 Å². The van der Waals surface area contributed by atoms with Crippen molar-refractivity contribution in [3.05, 3.63) is 17.7 Å². The smallest absolute Gasteiger partial charge is 0.202 e. The summed E-state index contributed by atoms with van der Waals surface area (Å²) >= 11 is 0. The summed E-state index contributed by atoms with van der Waals surface area (Å²) in [6, 6.07) is 2.14. The van der Waals surface area contributed by atoms with Crippen LogP contribution in [0.2, 0.25) is 0 Å². The first kappa shape index (κ1) is 11.6. The van der Waals surface area contributed by atoms with Crippen molar-refractivity contribution in [3.63, 3.8) is 0 Å². The molecule has 15 heavy (non-hydrogen) atoms. The Hall–Kier alpha value is -1.46. The number of nitrogens with two attached hydrogens (primary N) is 1. The molecule has 5 N–H and O–H groups in total. The second-order valence-electron chi connectivity index (χ2n) is 3.40. The van der Waals surface area contributed by atoms with Crippen molar-refractivity contribution < 1.29 is 20.1 Å². The van der Waals surface area contributed by atoms with Crippen molar-refractivity contribution in [2.45, 2.75) is 19.1 Å². The van der Waals surface area contributed by atoms with Crippen LogP contribution in [0.25, 0.3) is 0 Å². The Morgan fingerprint density at radius 1 is 1.27 bits per heavy atom.